The third-order valence-electron chi connectivity index (χ3n) is 0.734. The van der Waals surface area contributed by atoms with E-state index in [0.717, 1.165) is 6.08 Å². The molecule has 0 bridgehead atoms. The minimum absolute atomic E-state index is 0.236. The van der Waals surface area contributed by atoms with Crippen LogP contribution in [0.2, 0.25) is 0 Å². The fourth-order valence-electron chi connectivity index (χ4n) is 0.279. The molecule has 0 aliphatic rings. The Morgan fingerprint density at radius 3 is 2.42 bits per heavy atom. The Bertz CT molecular complexity index is 265. The van der Waals surface area contributed by atoms with Crippen LogP contribution in [0.1, 0.15) is 0 Å². The molecule has 0 radical (unpaired) electrons. The van der Waals surface area contributed by atoms with Crippen LogP contribution >= 0.6 is 7.82 Å². The minimum Gasteiger partial charge on any atom is -0.412 e. The highest BCUT2D eigenvalue weighted by atomic mass is 31.2. The van der Waals surface area contributed by atoms with Crippen LogP contribution in [0.5, 0.6) is 0 Å². The number of allylic oxidation sites excluding steroid dienone is 1. The Hall–Kier alpha value is -1.10. The third-order valence-corrected chi connectivity index (χ3v) is 1.13. The van der Waals surface area contributed by atoms with Gasteiger partial charge in [-0.1, -0.05) is 6.58 Å². The molecule has 6 nitrogen and oxygen atoms in total. The first-order valence-corrected chi connectivity index (χ1v) is 4.25. The van der Waals surface area contributed by atoms with Crippen molar-refractivity contribution >= 4 is 13.6 Å². The number of hydrogen-bond donors (Lipinski definition) is 3. The molecule has 0 aliphatic carbocycles. The summed E-state index contributed by atoms with van der Waals surface area (Å²) in [4.78, 5) is 26.9. The van der Waals surface area contributed by atoms with Crippen LogP contribution in [0, 0.1) is 0 Å². The molecule has 12 heavy (non-hydrogen) atoms. The monoisotopic (exact) mass is 193 g/mol. The molecule has 0 saturated carbocycles. The number of nitrogens with two attached hydrogens (primary N) is 1. The first-order chi connectivity index (χ1) is 5.33. The molecule has 0 fully saturated rings. The minimum atomic E-state index is -4.56. The van der Waals surface area contributed by atoms with Crippen molar-refractivity contribution in [2.45, 2.75) is 0 Å². The highest BCUT2D eigenvalue weighted by Crippen LogP contribution is 2.35. The zero-order valence-electron chi connectivity index (χ0n) is 6.01. The van der Waals surface area contributed by atoms with Crippen LogP contribution in [0.25, 0.3) is 0 Å². The van der Waals surface area contributed by atoms with Gasteiger partial charge < -0.3 is 10.3 Å². The van der Waals surface area contributed by atoms with Crippen LogP contribution in [-0.2, 0) is 13.9 Å². The number of carbonyl (C=O) groups excluding carboxylic acids is 1. The lowest BCUT2D eigenvalue weighted by molar-refractivity contribution is -0.111. The van der Waals surface area contributed by atoms with Crippen molar-refractivity contribution in [1.29, 1.82) is 0 Å². The largest absolute Gasteiger partial charge is 0.524 e. The summed E-state index contributed by atoms with van der Waals surface area (Å²) in [7, 11) is -4.56. The molecule has 0 saturated heterocycles. The van der Waals surface area contributed by atoms with Crippen molar-refractivity contribution in [3.8, 4) is 0 Å². The maximum absolute atomic E-state index is 10.6. The van der Waals surface area contributed by atoms with Gasteiger partial charge in [0.2, 0.25) is 5.78 Å². The molecule has 7 heteroatoms. The van der Waals surface area contributed by atoms with Gasteiger partial charge in [-0.05, 0) is 0 Å². The van der Waals surface area contributed by atoms with Crippen molar-refractivity contribution in [3.63, 3.8) is 0 Å². The van der Waals surface area contributed by atoms with Gasteiger partial charge in [0.05, 0.1) is 12.0 Å². The number of phosphoric ester groups is 1. The van der Waals surface area contributed by atoms with E-state index in [9.17, 15) is 9.36 Å². The van der Waals surface area contributed by atoms with E-state index in [-0.39, 0.29) is 5.70 Å². The predicted octanol–water partition coefficient (Wildman–Crippen LogP) is -0.349. The van der Waals surface area contributed by atoms with E-state index >= 15 is 0 Å². The Balaban J connectivity index is 4.03. The fourth-order valence-corrected chi connectivity index (χ4v) is 0.498. The molecule has 0 aromatic heterocycles. The molecule has 4 N–H and O–H groups in total. The van der Waals surface area contributed by atoms with Crippen LogP contribution in [0.15, 0.2) is 24.6 Å². The normalized spacial score (nSPS) is 11.5. The lowest BCUT2D eigenvalue weighted by atomic mass is 10.3. The predicted molar refractivity (Wildman–Crippen MR) is 40.6 cm³/mol. The van der Waals surface area contributed by atoms with Gasteiger partial charge >= 0.3 is 7.82 Å². The second-order valence-corrected chi connectivity index (χ2v) is 2.98. The Kier molecular flexibility index (Phi) is 3.69. The van der Waals surface area contributed by atoms with E-state index in [0.29, 0.717) is 6.26 Å². The molecule has 0 aromatic carbocycles. The van der Waals surface area contributed by atoms with Crippen LogP contribution in [-0.4, -0.2) is 15.6 Å². The summed E-state index contributed by atoms with van der Waals surface area (Å²) < 4.78 is 13.9. The van der Waals surface area contributed by atoms with Gasteiger partial charge in [-0.3, -0.25) is 14.6 Å². The van der Waals surface area contributed by atoms with Gasteiger partial charge in [0.15, 0.2) is 0 Å². The Morgan fingerprint density at radius 1 is 1.58 bits per heavy atom. The molecule has 0 spiro atoms. The fraction of sp³-hybridized carbons (Fsp3) is 0. The second-order valence-electron chi connectivity index (χ2n) is 1.79. The smallest absolute Gasteiger partial charge is 0.412 e. The lowest BCUT2D eigenvalue weighted by Gasteiger charge is -1.99. The molecule has 0 atom stereocenters. The van der Waals surface area contributed by atoms with Gasteiger partial charge in [0.1, 0.15) is 0 Å². The summed E-state index contributed by atoms with van der Waals surface area (Å²) in [5, 5.41) is 0. The molecule has 68 valence electrons. The Labute approximate surface area is 68.6 Å². The van der Waals surface area contributed by atoms with Crippen LogP contribution in [0.4, 0.5) is 0 Å². The second kappa shape index (κ2) is 4.06. The van der Waals surface area contributed by atoms with Crippen molar-refractivity contribution in [2.24, 2.45) is 5.73 Å². The maximum Gasteiger partial charge on any atom is 0.524 e. The standard InChI is InChI=1S/C5H8NO5P/c1-4(6)5(7)2-3-11-12(8,9)10/h2-3H,1,6H2,(H2,8,9,10)/b3-2-. The van der Waals surface area contributed by atoms with Crippen molar-refractivity contribution < 1.29 is 23.7 Å². The molecule has 0 rings (SSSR count). The van der Waals surface area contributed by atoms with Gasteiger partial charge in [-0.25, -0.2) is 4.57 Å². The van der Waals surface area contributed by atoms with Gasteiger partial charge in [-0.15, -0.1) is 0 Å². The summed E-state index contributed by atoms with van der Waals surface area (Å²) in [5.74, 6) is -0.663. The topological polar surface area (TPSA) is 110 Å². The molecular weight excluding hydrogens is 185 g/mol. The SMILES string of the molecule is C=C(N)C(=O)/C=C\OP(=O)(O)O. The van der Waals surface area contributed by atoms with E-state index < -0.39 is 13.6 Å². The van der Waals surface area contributed by atoms with Crippen molar-refractivity contribution in [2.75, 3.05) is 0 Å². The average Bonchev–Trinajstić information content (AvgIpc) is 1.84. The van der Waals surface area contributed by atoms with E-state index in [1.54, 1.807) is 0 Å². The van der Waals surface area contributed by atoms with Gasteiger partial charge in [-0.2, -0.15) is 0 Å². The maximum atomic E-state index is 10.6. The molecule has 0 aromatic rings. The summed E-state index contributed by atoms with van der Waals surface area (Å²) in [6.45, 7) is 3.10. The average molecular weight is 193 g/mol. The zero-order chi connectivity index (χ0) is 9.78. The van der Waals surface area contributed by atoms with Gasteiger partial charge in [0, 0.05) is 6.08 Å². The van der Waals surface area contributed by atoms with E-state index in [1.807, 2.05) is 0 Å². The number of rotatable bonds is 4. The quantitative estimate of drug-likeness (QED) is 0.320. The number of carbonyl (C=O) groups is 1. The highest BCUT2D eigenvalue weighted by Gasteiger charge is 2.11. The first-order valence-electron chi connectivity index (χ1n) is 2.72. The molecule has 0 heterocycles. The van der Waals surface area contributed by atoms with Crippen molar-refractivity contribution in [1.82, 2.24) is 0 Å². The summed E-state index contributed by atoms with van der Waals surface area (Å²) in [6, 6.07) is 0. The van der Waals surface area contributed by atoms with Gasteiger partial charge in [0.25, 0.3) is 0 Å². The number of hydrogen-bond acceptors (Lipinski definition) is 4. The number of phosphoric acid groups is 1. The first kappa shape index (κ1) is 10.9. The summed E-state index contributed by atoms with van der Waals surface area (Å²) in [5.41, 5.74) is 4.71. The van der Waals surface area contributed by atoms with Crippen molar-refractivity contribution in [3.05, 3.63) is 24.6 Å². The lowest BCUT2D eigenvalue weighted by Crippen LogP contribution is -2.06. The number of ketones is 1. The molecular formula is C5H8NO5P. The third kappa shape index (κ3) is 5.67. The molecule has 0 unspecified atom stereocenters. The van der Waals surface area contributed by atoms with E-state index in [2.05, 4.69) is 11.1 Å². The van der Waals surface area contributed by atoms with Crippen LogP contribution < -0.4 is 5.73 Å². The van der Waals surface area contributed by atoms with E-state index in [4.69, 9.17) is 15.5 Å². The van der Waals surface area contributed by atoms with E-state index in [1.165, 1.54) is 0 Å². The molecule has 0 amide bonds. The summed E-state index contributed by atoms with van der Waals surface area (Å²) in [6.07, 6.45) is 1.34. The van der Waals surface area contributed by atoms with Crippen LogP contribution in [0.3, 0.4) is 0 Å². The Morgan fingerprint density at radius 2 is 2.08 bits per heavy atom. The zero-order valence-corrected chi connectivity index (χ0v) is 6.90. The molecule has 0 aliphatic heterocycles. The summed E-state index contributed by atoms with van der Waals surface area (Å²) >= 11 is 0. The highest BCUT2D eigenvalue weighted by molar-refractivity contribution is 7.46.